The molecule has 0 aliphatic rings. The van der Waals surface area contributed by atoms with E-state index >= 15 is 0 Å². The third-order valence-corrected chi connectivity index (χ3v) is 19.7. The summed E-state index contributed by atoms with van der Waals surface area (Å²) in [6.45, 7) is 12.5. The zero-order chi connectivity index (χ0) is 93.2. The lowest BCUT2D eigenvalue weighted by molar-refractivity contribution is -0.138. The first-order valence-electron chi connectivity index (χ1n) is 40.5. The Balaban J connectivity index is 1.96. The third-order valence-electron chi connectivity index (χ3n) is 19.7. The van der Waals surface area contributed by atoms with Crippen molar-refractivity contribution in [1.82, 2.24) is 85.1 Å². The lowest BCUT2D eigenvalue weighted by Gasteiger charge is -2.31. The van der Waals surface area contributed by atoms with Crippen LogP contribution >= 0.6 is 0 Å². The van der Waals surface area contributed by atoms with Crippen LogP contribution < -0.4 is 125 Å². The number of carbonyl (C=O) groups excluding carboxylic acids is 15. The summed E-state index contributed by atoms with van der Waals surface area (Å²) < 4.78 is 0. The number of phenols is 2. The standard InChI is InChI=1S/C79H125N27O18/c1-9-40(5)60(104-72(121)56(36-45-21-27-49(109)28-22-45)101-64(113)42(7)95-66(115)50(14-11-31-91-76(83)84)96-65(114)47-23-17-46(18-24-47)38-94-79(89)90)73(122)103-57(37-59(81)111)70(119)102-55(34-39(3)4)71(120)105-61(41(6)10-2)74(123)106-62(43(8)107)75(124)99-52(16-13-33-93-78(87)88)67(116)98-53(29-30-58(80)110)69(118)97-51(15-12-32-92-77(85)86)68(117)100-54(63(82)112)35-44-19-25-48(108)26-20-44/h17-28,39-43,50-57,60-62,107-109H,9-16,29-38H2,1-8H3,(H2,80,110)(H2,81,111)(H2,82,112)(H,95,115)(H,96,114)(H,97,118)(H,98,116)(H,99,124)(H,100,117)(H,101,113)(H,102,119)(H,103,122)(H,104,121)(H,105,120)(H,106,123)(H4,83,84,91)(H4,85,86,92)(H4,87,88,93)(H4,89,90,94)/t40-,41-,42-,43+,50-,51-,52-,53-,54-,55-,56-,57-,60-,61-,62-/m0/s1. The van der Waals surface area contributed by atoms with Gasteiger partial charge in [-0.25, -0.2) is 0 Å². The number of nitrogens with one attached hydrogen (secondary N) is 20. The monoisotopic (exact) mass is 1740 g/mol. The summed E-state index contributed by atoms with van der Waals surface area (Å²) in [6.07, 6.45) is -4.21. The van der Waals surface area contributed by atoms with Crippen molar-refractivity contribution in [2.75, 3.05) is 19.6 Å². The van der Waals surface area contributed by atoms with Crippen LogP contribution in [0.4, 0.5) is 0 Å². The first kappa shape index (κ1) is 105. The number of rotatable bonds is 55. The van der Waals surface area contributed by atoms with Crippen molar-refractivity contribution in [3.63, 3.8) is 0 Å². The Morgan fingerprint density at radius 3 is 1.10 bits per heavy atom. The molecule has 0 fully saturated rings. The molecule has 124 heavy (non-hydrogen) atoms. The van der Waals surface area contributed by atoms with Crippen LogP contribution in [0.5, 0.6) is 11.5 Å². The topological polar surface area (TPSA) is 787 Å². The summed E-state index contributed by atoms with van der Waals surface area (Å²) in [7, 11) is 0. The minimum Gasteiger partial charge on any atom is -0.508 e. The number of aromatic hydroxyl groups is 2. The fraction of sp³-hybridized carbons (Fsp3) is 0.532. The molecule has 0 radical (unpaired) electrons. The minimum absolute atomic E-state index is 0.0187. The number of amides is 15. The molecule has 0 bridgehead atoms. The fourth-order valence-corrected chi connectivity index (χ4v) is 12.3. The molecule has 0 unspecified atom stereocenters. The van der Waals surface area contributed by atoms with Crippen LogP contribution in [0.2, 0.25) is 0 Å². The number of benzene rings is 3. The normalized spacial score (nSPS) is 14.6. The van der Waals surface area contributed by atoms with Gasteiger partial charge in [0.15, 0.2) is 23.8 Å². The molecule has 45 heteroatoms. The van der Waals surface area contributed by atoms with Gasteiger partial charge in [0.25, 0.3) is 5.91 Å². The van der Waals surface area contributed by atoms with Gasteiger partial charge in [-0.1, -0.05) is 90.8 Å². The number of hydrogen-bond donors (Lipinski definition) is 30. The average molecular weight is 1740 g/mol. The molecule has 45 nitrogen and oxygen atoms in total. The van der Waals surface area contributed by atoms with E-state index in [-0.39, 0.29) is 126 Å². The quantitative estimate of drug-likeness (QED) is 0.0142. The number of aliphatic hydroxyl groups is 1. The van der Waals surface area contributed by atoms with Crippen molar-refractivity contribution in [3.05, 3.63) is 95.1 Å². The van der Waals surface area contributed by atoms with E-state index in [0.717, 1.165) is 6.92 Å². The van der Waals surface area contributed by atoms with E-state index in [1.54, 1.807) is 53.7 Å². The predicted molar refractivity (Wildman–Crippen MR) is 456 cm³/mol. The molecule has 0 saturated heterocycles. The maximum absolute atomic E-state index is 14.7. The number of primary amides is 3. The Hall–Kier alpha value is -13.6. The van der Waals surface area contributed by atoms with E-state index < -0.39 is 216 Å². The summed E-state index contributed by atoms with van der Waals surface area (Å²) in [5, 5.41) is 102. The highest BCUT2D eigenvalue weighted by atomic mass is 16.3. The second-order valence-corrected chi connectivity index (χ2v) is 30.5. The molecule has 0 spiro atoms. The number of carbonyl (C=O) groups is 15. The Bertz CT molecular complexity index is 4180. The first-order chi connectivity index (χ1) is 58.3. The maximum atomic E-state index is 14.7. The van der Waals surface area contributed by atoms with Gasteiger partial charge in [0, 0.05) is 51.0 Å². The molecule has 15 amide bonds. The lowest BCUT2D eigenvalue weighted by atomic mass is 9.95. The van der Waals surface area contributed by atoms with Crippen molar-refractivity contribution < 1.29 is 87.2 Å². The maximum Gasteiger partial charge on any atom is 0.251 e. The molecule has 3 aromatic carbocycles. The summed E-state index contributed by atoms with van der Waals surface area (Å²) in [6, 6.07) is -1.59. The van der Waals surface area contributed by atoms with Gasteiger partial charge in [0.1, 0.15) is 84.0 Å². The van der Waals surface area contributed by atoms with Gasteiger partial charge in [-0.05, 0) is 136 Å². The molecular formula is C79H125N27O18. The second-order valence-electron chi connectivity index (χ2n) is 30.5. The van der Waals surface area contributed by atoms with Crippen molar-refractivity contribution in [3.8, 4) is 11.5 Å². The fourth-order valence-electron chi connectivity index (χ4n) is 12.3. The molecule has 0 heterocycles. The number of aliphatic hydroxyl groups excluding tert-OH is 1. The van der Waals surface area contributed by atoms with Crippen LogP contribution in [0.15, 0.2) is 72.8 Å². The molecule has 0 aliphatic carbocycles. The van der Waals surface area contributed by atoms with Crippen molar-refractivity contribution in [2.24, 2.45) is 57.9 Å². The van der Waals surface area contributed by atoms with Crippen LogP contribution in [0.3, 0.4) is 0 Å². The number of hydrogen-bond acceptors (Lipinski definition) is 22. The molecule has 0 aliphatic heterocycles. The molecule has 15 atom stereocenters. The first-order valence-corrected chi connectivity index (χ1v) is 40.5. The molecule has 3 rings (SSSR count). The number of nitrogens with two attached hydrogens (primary N) is 7. The molecule has 684 valence electrons. The molecule has 37 N–H and O–H groups in total. The highest BCUT2D eigenvalue weighted by molar-refractivity contribution is 6.02. The van der Waals surface area contributed by atoms with E-state index in [4.69, 9.17) is 61.8 Å². The van der Waals surface area contributed by atoms with Crippen molar-refractivity contribution in [2.45, 2.75) is 230 Å². The Morgan fingerprint density at radius 2 is 0.694 bits per heavy atom. The number of guanidine groups is 4. The van der Waals surface area contributed by atoms with E-state index in [2.05, 4.69) is 85.1 Å². The van der Waals surface area contributed by atoms with E-state index in [1.807, 2.05) is 0 Å². The van der Waals surface area contributed by atoms with Gasteiger partial charge in [-0.15, -0.1) is 0 Å². The highest BCUT2D eigenvalue weighted by Gasteiger charge is 2.40. The van der Waals surface area contributed by atoms with Crippen LogP contribution in [0.25, 0.3) is 0 Å². The minimum atomic E-state index is -1.94. The summed E-state index contributed by atoms with van der Waals surface area (Å²) in [5.74, 6) is -18.7. The summed E-state index contributed by atoms with van der Waals surface area (Å²) in [5.41, 5.74) is 40.3. The smallest absolute Gasteiger partial charge is 0.251 e. The molecule has 0 aromatic heterocycles. The zero-order valence-electron chi connectivity index (χ0n) is 70.9. The molecular weight excluding hydrogens is 1620 g/mol. The summed E-state index contributed by atoms with van der Waals surface area (Å²) in [4.78, 5) is 210. The predicted octanol–water partition coefficient (Wildman–Crippen LogP) is -6.05. The third kappa shape index (κ3) is 38.8. The van der Waals surface area contributed by atoms with Gasteiger partial charge in [-0.2, -0.15) is 0 Å². The molecule has 3 aromatic rings. The SMILES string of the molecule is CC[C@H](C)[C@H](NC(=O)[C@H](Cc1ccc(O)cc1)NC(=O)[C@H](C)NC(=O)[C@H](CCCNC(=N)N)NC(=O)c1ccc(CNC(=N)N)cc1)C(=O)N[C@@H](CC(N)=O)C(=O)N[C@@H](CC(C)C)C(=O)N[C@H](C(=O)N[C@H](C(=O)N[C@@H](CCCNC(=N)N)C(=O)N[C@@H](CCC(N)=O)C(=O)N[C@@H](CCCNC(=N)N)C(=O)N[C@@H](Cc1ccc(O)cc1)C(N)=O)[C@@H](C)O)[C@@H](C)CC. The van der Waals surface area contributed by atoms with E-state index in [0.29, 0.717) is 16.7 Å². The van der Waals surface area contributed by atoms with Gasteiger partial charge in [0.05, 0.1) is 12.5 Å². The van der Waals surface area contributed by atoms with Crippen LogP contribution in [0.1, 0.15) is 159 Å². The van der Waals surface area contributed by atoms with Gasteiger partial charge in [-0.3, -0.25) is 93.6 Å². The van der Waals surface area contributed by atoms with Crippen LogP contribution in [0, 0.1) is 39.4 Å². The van der Waals surface area contributed by atoms with Crippen LogP contribution in [-0.4, -0.2) is 226 Å². The average Bonchev–Trinajstić information content (AvgIpc) is 0.852. The van der Waals surface area contributed by atoms with Gasteiger partial charge in [0.2, 0.25) is 82.7 Å². The Morgan fingerprint density at radius 1 is 0.355 bits per heavy atom. The Labute approximate surface area is 718 Å². The van der Waals surface area contributed by atoms with E-state index in [1.165, 1.54) is 67.6 Å². The highest BCUT2D eigenvalue weighted by Crippen LogP contribution is 2.19. The van der Waals surface area contributed by atoms with E-state index in [9.17, 15) is 87.2 Å². The zero-order valence-corrected chi connectivity index (χ0v) is 70.9. The number of phenolic OH excluding ortho intramolecular Hbond substituents is 2. The largest absolute Gasteiger partial charge is 0.508 e. The van der Waals surface area contributed by atoms with Crippen molar-refractivity contribution in [1.29, 1.82) is 21.6 Å². The van der Waals surface area contributed by atoms with Crippen LogP contribution in [-0.2, 0) is 86.5 Å². The van der Waals surface area contributed by atoms with Gasteiger partial charge < -0.3 is 141 Å². The Kier molecular flexibility index (Phi) is 44.8. The second kappa shape index (κ2) is 53.2. The summed E-state index contributed by atoms with van der Waals surface area (Å²) >= 11 is 0. The lowest BCUT2D eigenvalue weighted by Crippen LogP contribution is -2.63. The van der Waals surface area contributed by atoms with Crippen molar-refractivity contribution >= 4 is 112 Å². The molecule has 0 saturated carbocycles. The van der Waals surface area contributed by atoms with Gasteiger partial charge >= 0.3 is 0 Å².